The lowest BCUT2D eigenvalue weighted by molar-refractivity contribution is -0.385. The molecular weight excluding hydrogens is 368 g/mol. The Bertz CT molecular complexity index is 881. The molecule has 25 heavy (non-hydrogen) atoms. The number of rotatable bonds is 7. The van der Waals surface area contributed by atoms with Gasteiger partial charge in [-0.25, -0.2) is 16.8 Å². The Balaban J connectivity index is 2.53. The molecule has 0 bridgehead atoms. The molecule has 0 spiro atoms. The number of aryl methyl sites for hydroxylation is 2. The number of sulfonamides is 1. The van der Waals surface area contributed by atoms with Gasteiger partial charge in [0.15, 0.2) is 0 Å². The predicted molar refractivity (Wildman–Crippen MR) is 93.8 cm³/mol. The summed E-state index contributed by atoms with van der Waals surface area (Å²) in [6, 6.07) is 1.52. The molecule has 0 N–H and O–H groups in total. The number of nitrogens with zero attached hydrogens (tertiary/aromatic N) is 2. The monoisotopic (exact) mass is 390 g/mol. The van der Waals surface area contributed by atoms with Crippen LogP contribution in [-0.4, -0.2) is 50.2 Å². The van der Waals surface area contributed by atoms with Crippen LogP contribution in [0.15, 0.2) is 17.0 Å². The van der Waals surface area contributed by atoms with Crippen molar-refractivity contribution in [2.75, 3.05) is 12.0 Å². The van der Waals surface area contributed by atoms with E-state index in [9.17, 15) is 26.9 Å². The fraction of sp³-hybridized carbons (Fsp3) is 0.600. The standard InChI is InChI=1S/C15H22N2O6S2/c1-10-7-14(17(18)19)8-11(2)15(10)25(22,23)16(13-5-6-13)12(3)9-24(4,20)21/h7-8,12-13H,5-6,9H2,1-4H3/t12-/m0/s1. The number of nitro benzene ring substituents is 1. The van der Waals surface area contributed by atoms with Gasteiger partial charge in [-0.05, 0) is 44.7 Å². The molecule has 0 unspecified atom stereocenters. The van der Waals surface area contributed by atoms with Crippen LogP contribution in [0.5, 0.6) is 0 Å². The van der Waals surface area contributed by atoms with Crippen LogP contribution in [-0.2, 0) is 19.9 Å². The van der Waals surface area contributed by atoms with Crippen molar-refractivity contribution in [3.63, 3.8) is 0 Å². The lowest BCUT2D eigenvalue weighted by Gasteiger charge is -2.29. The average Bonchev–Trinajstić information content (AvgIpc) is 3.19. The molecule has 0 heterocycles. The highest BCUT2D eigenvalue weighted by atomic mass is 32.2. The van der Waals surface area contributed by atoms with E-state index in [1.165, 1.54) is 30.3 Å². The number of nitro groups is 1. The second-order valence-electron chi connectivity index (χ2n) is 6.67. The van der Waals surface area contributed by atoms with E-state index < -0.39 is 30.8 Å². The maximum absolute atomic E-state index is 13.2. The predicted octanol–water partition coefficient (Wildman–Crippen LogP) is 1.80. The van der Waals surface area contributed by atoms with E-state index in [1.54, 1.807) is 6.92 Å². The van der Waals surface area contributed by atoms with Crippen molar-refractivity contribution in [1.29, 1.82) is 0 Å². The van der Waals surface area contributed by atoms with Crippen molar-refractivity contribution in [1.82, 2.24) is 4.31 Å². The number of hydrogen-bond acceptors (Lipinski definition) is 6. The van der Waals surface area contributed by atoms with Gasteiger partial charge >= 0.3 is 0 Å². The molecule has 0 radical (unpaired) electrons. The van der Waals surface area contributed by atoms with Gasteiger partial charge in [-0.15, -0.1) is 0 Å². The van der Waals surface area contributed by atoms with E-state index in [0.717, 1.165) is 6.26 Å². The number of sulfone groups is 1. The van der Waals surface area contributed by atoms with Gasteiger partial charge in [0.05, 0.1) is 15.6 Å². The first-order valence-electron chi connectivity index (χ1n) is 7.81. The van der Waals surface area contributed by atoms with E-state index in [0.29, 0.717) is 12.8 Å². The molecule has 1 saturated carbocycles. The number of non-ortho nitro benzene ring substituents is 1. The van der Waals surface area contributed by atoms with Gasteiger partial charge in [-0.2, -0.15) is 4.31 Å². The Labute approximate surface area is 148 Å². The van der Waals surface area contributed by atoms with Crippen molar-refractivity contribution >= 4 is 25.5 Å². The second kappa shape index (κ2) is 6.65. The molecule has 1 aromatic rings. The van der Waals surface area contributed by atoms with Crippen LogP contribution in [0.4, 0.5) is 5.69 Å². The summed E-state index contributed by atoms with van der Waals surface area (Å²) in [5.41, 5.74) is 0.393. The first kappa shape index (κ1) is 19.8. The van der Waals surface area contributed by atoms with Crippen LogP contribution in [0.1, 0.15) is 30.9 Å². The zero-order chi connectivity index (χ0) is 19.2. The zero-order valence-electron chi connectivity index (χ0n) is 14.6. The number of hydrogen-bond donors (Lipinski definition) is 0. The molecule has 0 aliphatic heterocycles. The lowest BCUT2D eigenvalue weighted by atomic mass is 10.1. The number of benzene rings is 1. The maximum Gasteiger partial charge on any atom is 0.270 e. The zero-order valence-corrected chi connectivity index (χ0v) is 16.2. The molecule has 1 aliphatic carbocycles. The van der Waals surface area contributed by atoms with E-state index in [-0.39, 0.29) is 33.5 Å². The van der Waals surface area contributed by atoms with Crippen LogP contribution in [0.25, 0.3) is 0 Å². The van der Waals surface area contributed by atoms with E-state index in [4.69, 9.17) is 0 Å². The third-order valence-corrected chi connectivity index (χ3v) is 7.54. The summed E-state index contributed by atoms with van der Waals surface area (Å²) in [4.78, 5) is 10.4. The summed E-state index contributed by atoms with van der Waals surface area (Å²) in [7, 11) is -7.32. The molecule has 1 atom stereocenters. The third-order valence-electron chi connectivity index (χ3n) is 4.08. The fourth-order valence-electron chi connectivity index (χ4n) is 3.18. The quantitative estimate of drug-likeness (QED) is 0.518. The minimum absolute atomic E-state index is 0.0188. The van der Waals surface area contributed by atoms with E-state index in [2.05, 4.69) is 0 Å². The Morgan fingerprint density at radius 1 is 1.20 bits per heavy atom. The third kappa shape index (κ3) is 4.36. The second-order valence-corrected chi connectivity index (χ2v) is 10.6. The SMILES string of the molecule is Cc1cc([N+](=O)[O-])cc(C)c1S(=O)(=O)N(C1CC1)[C@@H](C)CS(C)(=O)=O. The minimum atomic E-state index is -3.97. The largest absolute Gasteiger partial charge is 0.270 e. The molecule has 0 saturated heterocycles. The Morgan fingerprint density at radius 3 is 2.04 bits per heavy atom. The topological polar surface area (TPSA) is 115 Å². The molecule has 0 aromatic heterocycles. The van der Waals surface area contributed by atoms with Crippen molar-refractivity contribution in [2.45, 2.75) is 50.6 Å². The molecular formula is C15H22N2O6S2. The smallest absolute Gasteiger partial charge is 0.258 e. The molecule has 0 amide bonds. The molecule has 2 rings (SSSR count). The maximum atomic E-state index is 13.2. The normalized spacial score (nSPS) is 16.8. The first-order chi connectivity index (χ1) is 11.3. The molecule has 1 aliphatic rings. The summed E-state index contributed by atoms with van der Waals surface area (Å²) < 4.78 is 50.9. The van der Waals surface area contributed by atoms with Gasteiger partial charge in [-0.1, -0.05) is 0 Å². The highest BCUT2D eigenvalue weighted by Crippen LogP contribution is 2.37. The van der Waals surface area contributed by atoms with Gasteiger partial charge < -0.3 is 0 Å². The Kier molecular flexibility index (Phi) is 5.27. The van der Waals surface area contributed by atoms with E-state index >= 15 is 0 Å². The van der Waals surface area contributed by atoms with Crippen molar-refractivity contribution in [3.8, 4) is 0 Å². The van der Waals surface area contributed by atoms with Gasteiger partial charge in [0.1, 0.15) is 9.84 Å². The molecule has 140 valence electrons. The van der Waals surface area contributed by atoms with Crippen LogP contribution in [0.2, 0.25) is 0 Å². The minimum Gasteiger partial charge on any atom is -0.258 e. The van der Waals surface area contributed by atoms with Crippen molar-refractivity contribution < 1.29 is 21.8 Å². The van der Waals surface area contributed by atoms with Crippen LogP contribution < -0.4 is 0 Å². The Hall–Kier alpha value is -1.52. The summed E-state index contributed by atoms with van der Waals surface area (Å²) in [6.07, 6.45) is 2.43. The van der Waals surface area contributed by atoms with Crippen molar-refractivity contribution in [2.24, 2.45) is 0 Å². The summed E-state index contributed by atoms with van der Waals surface area (Å²) in [5, 5.41) is 11.0. The van der Waals surface area contributed by atoms with Gasteiger partial charge in [0.2, 0.25) is 10.0 Å². The van der Waals surface area contributed by atoms with Gasteiger partial charge in [-0.3, -0.25) is 10.1 Å². The fourth-order valence-corrected chi connectivity index (χ4v) is 6.60. The molecule has 1 fully saturated rings. The van der Waals surface area contributed by atoms with Gasteiger partial charge in [0.25, 0.3) is 5.69 Å². The van der Waals surface area contributed by atoms with Crippen LogP contribution >= 0.6 is 0 Å². The van der Waals surface area contributed by atoms with Crippen molar-refractivity contribution in [3.05, 3.63) is 33.4 Å². The van der Waals surface area contributed by atoms with E-state index in [1.807, 2.05) is 0 Å². The summed E-state index contributed by atoms with van der Waals surface area (Å²) >= 11 is 0. The molecule has 1 aromatic carbocycles. The first-order valence-corrected chi connectivity index (χ1v) is 11.3. The lowest BCUT2D eigenvalue weighted by Crippen LogP contribution is -2.44. The van der Waals surface area contributed by atoms with Gasteiger partial charge in [0, 0.05) is 30.5 Å². The Morgan fingerprint density at radius 2 is 1.68 bits per heavy atom. The summed E-state index contributed by atoms with van der Waals surface area (Å²) in [6.45, 7) is 4.60. The van der Waals surface area contributed by atoms with Crippen LogP contribution in [0.3, 0.4) is 0 Å². The summed E-state index contributed by atoms with van der Waals surface area (Å²) in [5.74, 6) is -0.270. The van der Waals surface area contributed by atoms with Crippen LogP contribution in [0, 0.1) is 24.0 Å². The molecule has 10 heteroatoms. The molecule has 8 nitrogen and oxygen atoms in total. The average molecular weight is 390 g/mol. The highest BCUT2D eigenvalue weighted by Gasteiger charge is 2.43. The highest BCUT2D eigenvalue weighted by molar-refractivity contribution is 7.91.